The molecular formula is C14H19N3O. The van der Waals surface area contributed by atoms with Gasteiger partial charge in [0.1, 0.15) is 5.75 Å². The minimum atomic E-state index is 0.0448. The second-order valence-corrected chi connectivity index (χ2v) is 5.34. The van der Waals surface area contributed by atoms with Gasteiger partial charge in [-0.2, -0.15) is 0 Å². The molecule has 0 unspecified atom stereocenters. The normalized spacial score (nSPS) is 11.6. The smallest absolute Gasteiger partial charge is 0.143 e. The van der Waals surface area contributed by atoms with Crippen LogP contribution < -0.4 is 10.5 Å². The van der Waals surface area contributed by atoms with E-state index < -0.39 is 0 Å². The molecule has 0 saturated heterocycles. The first kappa shape index (κ1) is 12.5. The predicted octanol–water partition coefficient (Wildman–Crippen LogP) is 2.76. The highest BCUT2D eigenvalue weighted by Crippen LogP contribution is 2.26. The second-order valence-electron chi connectivity index (χ2n) is 5.34. The van der Waals surface area contributed by atoms with Gasteiger partial charge >= 0.3 is 0 Å². The van der Waals surface area contributed by atoms with Gasteiger partial charge in [-0.3, -0.25) is 0 Å². The average Bonchev–Trinajstić information content (AvgIpc) is 2.78. The summed E-state index contributed by atoms with van der Waals surface area (Å²) in [7, 11) is 1.62. The average molecular weight is 245 g/mol. The molecular weight excluding hydrogens is 226 g/mol. The van der Waals surface area contributed by atoms with Crippen molar-refractivity contribution >= 4 is 5.69 Å². The molecule has 0 atom stereocenters. The highest BCUT2D eigenvalue weighted by Gasteiger charge is 2.17. The predicted molar refractivity (Wildman–Crippen MR) is 73.2 cm³/mol. The van der Waals surface area contributed by atoms with Crippen LogP contribution in [0.5, 0.6) is 5.75 Å². The van der Waals surface area contributed by atoms with Gasteiger partial charge in [0, 0.05) is 17.7 Å². The molecule has 2 rings (SSSR count). The van der Waals surface area contributed by atoms with E-state index in [1.807, 2.05) is 35.3 Å². The number of hydrogen-bond donors (Lipinski definition) is 1. The molecule has 4 heteroatoms. The Morgan fingerprint density at radius 2 is 2.00 bits per heavy atom. The lowest BCUT2D eigenvalue weighted by Crippen LogP contribution is -2.11. The third kappa shape index (κ3) is 2.32. The molecule has 0 saturated carbocycles. The Labute approximate surface area is 107 Å². The maximum Gasteiger partial charge on any atom is 0.143 e. The third-order valence-electron chi connectivity index (χ3n) is 2.87. The molecule has 4 nitrogen and oxygen atoms in total. The van der Waals surface area contributed by atoms with Gasteiger partial charge < -0.3 is 15.0 Å². The van der Waals surface area contributed by atoms with Crippen LogP contribution >= 0.6 is 0 Å². The summed E-state index contributed by atoms with van der Waals surface area (Å²) >= 11 is 0. The zero-order valence-corrected chi connectivity index (χ0v) is 11.3. The molecule has 2 aromatic rings. The molecule has 0 aliphatic carbocycles. The summed E-state index contributed by atoms with van der Waals surface area (Å²) in [5.41, 5.74) is 8.53. The van der Waals surface area contributed by atoms with Gasteiger partial charge in [-0.05, 0) is 12.1 Å². The van der Waals surface area contributed by atoms with Crippen molar-refractivity contribution in [2.75, 3.05) is 12.8 Å². The largest absolute Gasteiger partial charge is 0.495 e. The number of hydrogen-bond acceptors (Lipinski definition) is 3. The Hall–Kier alpha value is -1.97. The van der Waals surface area contributed by atoms with Crippen molar-refractivity contribution in [3.8, 4) is 11.4 Å². The second kappa shape index (κ2) is 4.37. The number of methoxy groups -OCH3 is 1. The highest BCUT2D eigenvalue weighted by atomic mass is 16.5. The van der Waals surface area contributed by atoms with Crippen LogP contribution in [0.15, 0.2) is 30.7 Å². The number of ether oxygens (including phenoxy) is 1. The first-order valence-corrected chi connectivity index (χ1v) is 5.90. The molecule has 96 valence electrons. The number of benzene rings is 1. The molecule has 0 aliphatic rings. The maximum absolute atomic E-state index is 5.80. The van der Waals surface area contributed by atoms with Crippen molar-refractivity contribution in [3.63, 3.8) is 0 Å². The number of nitrogens with two attached hydrogens (primary N) is 1. The van der Waals surface area contributed by atoms with E-state index in [1.54, 1.807) is 7.11 Å². The van der Waals surface area contributed by atoms with Crippen LogP contribution in [-0.2, 0) is 5.41 Å². The van der Waals surface area contributed by atoms with Crippen molar-refractivity contribution in [2.24, 2.45) is 0 Å². The summed E-state index contributed by atoms with van der Waals surface area (Å²) in [6.07, 6.45) is 3.84. The minimum absolute atomic E-state index is 0.0448. The van der Waals surface area contributed by atoms with Gasteiger partial charge in [0.05, 0.1) is 30.5 Å². The zero-order valence-electron chi connectivity index (χ0n) is 11.3. The number of nitrogen functional groups attached to an aromatic ring is 1. The summed E-state index contributed by atoms with van der Waals surface area (Å²) < 4.78 is 7.20. The van der Waals surface area contributed by atoms with Crippen LogP contribution in [-0.4, -0.2) is 16.7 Å². The van der Waals surface area contributed by atoms with E-state index in [1.165, 1.54) is 0 Å². The summed E-state index contributed by atoms with van der Waals surface area (Å²) in [5.74, 6) is 0.679. The van der Waals surface area contributed by atoms with E-state index in [0.29, 0.717) is 11.4 Å². The molecule has 2 N–H and O–H groups in total. The molecule has 1 aromatic carbocycles. The number of anilines is 1. The molecule has 0 fully saturated rings. The lowest BCUT2D eigenvalue weighted by Gasteiger charge is -2.14. The van der Waals surface area contributed by atoms with Crippen molar-refractivity contribution in [1.82, 2.24) is 9.55 Å². The summed E-state index contributed by atoms with van der Waals surface area (Å²) in [6.45, 7) is 6.43. The van der Waals surface area contributed by atoms with E-state index in [9.17, 15) is 0 Å². The molecule has 0 amide bonds. The molecule has 0 bridgehead atoms. The number of nitrogens with zero attached hydrogens (tertiary/aromatic N) is 2. The molecule has 18 heavy (non-hydrogen) atoms. The fraction of sp³-hybridized carbons (Fsp3) is 0.357. The SMILES string of the molecule is COc1cc(-n2cnc(C(C)(C)C)c2)ccc1N. The Morgan fingerprint density at radius 1 is 1.28 bits per heavy atom. The van der Waals surface area contributed by atoms with Crippen LogP contribution in [0.25, 0.3) is 5.69 Å². The highest BCUT2D eigenvalue weighted by molar-refractivity contribution is 5.57. The van der Waals surface area contributed by atoms with Gasteiger partial charge in [0.2, 0.25) is 0 Å². The summed E-state index contributed by atoms with van der Waals surface area (Å²) in [5, 5.41) is 0. The van der Waals surface area contributed by atoms with E-state index in [2.05, 4.69) is 25.8 Å². The van der Waals surface area contributed by atoms with Gasteiger partial charge in [0.15, 0.2) is 0 Å². The topological polar surface area (TPSA) is 53.1 Å². The molecule has 0 aliphatic heterocycles. The summed E-state index contributed by atoms with van der Waals surface area (Å²) in [6, 6.07) is 5.69. The van der Waals surface area contributed by atoms with E-state index in [0.717, 1.165) is 11.4 Å². The summed E-state index contributed by atoms with van der Waals surface area (Å²) in [4.78, 5) is 4.43. The Balaban J connectivity index is 2.40. The molecule has 1 heterocycles. The molecule has 1 aromatic heterocycles. The van der Waals surface area contributed by atoms with Crippen molar-refractivity contribution in [1.29, 1.82) is 0 Å². The number of aromatic nitrogens is 2. The van der Waals surface area contributed by atoms with Crippen LogP contribution in [0.3, 0.4) is 0 Å². The van der Waals surface area contributed by atoms with Gasteiger partial charge in [-0.25, -0.2) is 4.98 Å². The van der Waals surface area contributed by atoms with Gasteiger partial charge in [-0.1, -0.05) is 20.8 Å². The van der Waals surface area contributed by atoms with Crippen molar-refractivity contribution < 1.29 is 4.74 Å². The molecule has 0 spiro atoms. The minimum Gasteiger partial charge on any atom is -0.495 e. The molecule has 0 radical (unpaired) electrons. The monoisotopic (exact) mass is 245 g/mol. The number of rotatable bonds is 2. The lowest BCUT2D eigenvalue weighted by molar-refractivity contribution is 0.417. The zero-order chi connectivity index (χ0) is 13.3. The fourth-order valence-corrected chi connectivity index (χ4v) is 1.71. The fourth-order valence-electron chi connectivity index (χ4n) is 1.71. The first-order chi connectivity index (χ1) is 8.41. The van der Waals surface area contributed by atoms with Crippen LogP contribution in [0.4, 0.5) is 5.69 Å². The Morgan fingerprint density at radius 3 is 2.56 bits per heavy atom. The van der Waals surface area contributed by atoms with Gasteiger partial charge in [0.25, 0.3) is 0 Å². The van der Waals surface area contributed by atoms with Crippen LogP contribution in [0, 0.1) is 0 Å². The third-order valence-corrected chi connectivity index (χ3v) is 2.87. The van der Waals surface area contributed by atoms with E-state index >= 15 is 0 Å². The quantitative estimate of drug-likeness (QED) is 0.828. The van der Waals surface area contributed by atoms with Crippen LogP contribution in [0.2, 0.25) is 0 Å². The van der Waals surface area contributed by atoms with E-state index in [4.69, 9.17) is 10.5 Å². The van der Waals surface area contributed by atoms with Crippen molar-refractivity contribution in [2.45, 2.75) is 26.2 Å². The van der Waals surface area contributed by atoms with Crippen LogP contribution in [0.1, 0.15) is 26.5 Å². The van der Waals surface area contributed by atoms with Crippen molar-refractivity contribution in [3.05, 3.63) is 36.4 Å². The maximum atomic E-state index is 5.80. The lowest BCUT2D eigenvalue weighted by atomic mass is 9.93. The standard InChI is InChI=1S/C14H19N3O/c1-14(2,3)13-8-17(9-16-13)10-5-6-11(15)12(7-10)18-4/h5-9H,15H2,1-4H3. The Bertz CT molecular complexity index is 552. The first-order valence-electron chi connectivity index (χ1n) is 5.90. The number of imidazole rings is 1. The van der Waals surface area contributed by atoms with Gasteiger partial charge in [-0.15, -0.1) is 0 Å². The van der Waals surface area contributed by atoms with E-state index in [-0.39, 0.29) is 5.41 Å². The Kier molecular flexibility index (Phi) is 3.03.